The Labute approximate surface area is 180 Å². The highest BCUT2D eigenvalue weighted by molar-refractivity contribution is 7.93. The minimum absolute atomic E-state index is 0.0587. The van der Waals surface area contributed by atoms with E-state index in [2.05, 4.69) is 4.72 Å². The Morgan fingerprint density at radius 3 is 2.63 bits per heavy atom. The van der Waals surface area contributed by atoms with Gasteiger partial charge in [-0.05, 0) is 67.9 Å². The summed E-state index contributed by atoms with van der Waals surface area (Å²) in [4.78, 5) is 27.1. The average molecular weight is 449 g/mol. The molecule has 30 heavy (non-hydrogen) atoms. The molecule has 4 rings (SSSR count). The third-order valence-electron chi connectivity index (χ3n) is 5.65. The predicted molar refractivity (Wildman–Crippen MR) is 116 cm³/mol. The van der Waals surface area contributed by atoms with E-state index in [1.54, 1.807) is 17.0 Å². The van der Waals surface area contributed by atoms with Gasteiger partial charge in [0, 0.05) is 24.0 Å². The highest BCUT2D eigenvalue weighted by Crippen LogP contribution is 2.40. The van der Waals surface area contributed by atoms with Crippen molar-refractivity contribution in [3.63, 3.8) is 0 Å². The molecule has 1 aromatic heterocycles. The number of rotatable bonds is 4. The van der Waals surface area contributed by atoms with Gasteiger partial charge in [0.2, 0.25) is 5.91 Å². The lowest BCUT2D eigenvalue weighted by Gasteiger charge is -2.28. The zero-order chi connectivity index (χ0) is 21.5. The van der Waals surface area contributed by atoms with E-state index in [9.17, 15) is 18.0 Å². The van der Waals surface area contributed by atoms with Gasteiger partial charge < -0.3 is 9.64 Å². The van der Waals surface area contributed by atoms with Gasteiger partial charge in [-0.15, -0.1) is 11.3 Å². The maximum Gasteiger partial charge on any atom is 0.341 e. The second kappa shape index (κ2) is 8.03. The first-order valence-electron chi connectivity index (χ1n) is 9.98. The number of ether oxygens (including phenoxy) is 1. The molecule has 0 saturated carbocycles. The van der Waals surface area contributed by atoms with Crippen LogP contribution in [-0.4, -0.2) is 33.9 Å². The van der Waals surface area contributed by atoms with E-state index in [0.29, 0.717) is 23.5 Å². The molecule has 2 aromatic rings. The topological polar surface area (TPSA) is 92.8 Å². The van der Waals surface area contributed by atoms with E-state index in [4.69, 9.17) is 4.74 Å². The second-order valence-corrected chi connectivity index (χ2v) is 10.4. The average Bonchev–Trinajstić information content (AvgIpc) is 3.09. The van der Waals surface area contributed by atoms with E-state index in [1.807, 2.05) is 0 Å². The first-order valence-corrected chi connectivity index (χ1v) is 12.3. The van der Waals surface area contributed by atoms with Crippen molar-refractivity contribution in [2.75, 3.05) is 23.3 Å². The normalized spacial score (nSPS) is 15.9. The Morgan fingerprint density at radius 2 is 1.90 bits per heavy atom. The summed E-state index contributed by atoms with van der Waals surface area (Å²) < 4.78 is 33.8. The molecule has 1 aromatic carbocycles. The molecule has 0 spiro atoms. The SMILES string of the molecule is COC(=O)c1c(NS(=O)(=O)c2ccc3c(c2)CCCN3C(C)=O)sc2c1CCCC2. The van der Waals surface area contributed by atoms with Gasteiger partial charge in [0.1, 0.15) is 5.00 Å². The van der Waals surface area contributed by atoms with Crippen LogP contribution in [0.2, 0.25) is 0 Å². The van der Waals surface area contributed by atoms with Gasteiger partial charge in [0.25, 0.3) is 10.0 Å². The van der Waals surface area contributed by atoms with Crippen molar-refractivity contribution in [3.8, 4) is 0 Å². The molecule has 1 aliphatic heterocycles. The van der Waals surface area contributed by atoms with Crippen LogP contribution in [0.4, 0.5) is 10.7 Å². The van der Waals surface area contributed by atoms with Crippen LogP contribution in [0.1, 0.15) is 52.5 Å². The lowest BCUT2D eigenvalue weighted by molar-refractivity contribution is -0.116. The van der Waals surface area contributed by atoms with Crippen LogP contribution in [-0.2, 0) is 38.8 Å². The Hall–Kier alpha value is -2.39. The molecule has 0 fully saturated rings. The fourth-order valence-electron chi connectivity index (χ4n) is 4.20. The summed E-state index contributed by atoms with van der Waals surface area (Å²) in [5.74, 6) is -0.578. The Bertz CT molecular complexity index is 1120. The van der Waals surface area contributed by atoms with E-state index in [1.165, 1.54) is 31.4 Å². The molecule has 1 N–H and O–H groups in total. The third kappa shape index (κ3) is 3.72. The van der Waals surface area contributed by atoms with E-state index in [-0.39, 0.29) is 10.8 Å². The third-order valence-corrected chi connectivity index (χ3v) is 8.33. The molecule has 0 unspecified atom stereocenters. The number of thiophene rings is 1. The van der Waals surface area contributed by atoms with Crippen molar-refractivity contribution < 1.29 is 22.7 Å². The summed E-state index contributed by atoms with van der Waals surface area (Å²) in [7, 11) is -2.60. The van der Waals surface area contributed by atoms with Gasteiger partial charge >= 0.3 is 5.97 Å². The molecule has 0 atom stereocenters. The van der Waals surface area contributed by atoms with Crippen molar-refractivity contribution >= 4 is 43.9 Å². The van der Waals surface area contributed by atoms with Crippen molar-refractivity contribution in [1.82, 2.24) is 0 Å². The minimum Gasteiger partial charge on any atom is -0.465 e. The van der Waals surface area contributed by atoms with Gasteiger partial charge in [0.15, 0.2) is 0 Å². The molecule has 9 heteroatoms. The molecule has 0 radical (unpaired) electrons. The number of amides is 1. The Morgan fingerprint density at radius 1 is 1.13 bits per heavy atom. The standard InChI is InChI=1S/C21H24N2O5S2/c1-13(24)23-11-5-6-14-12-15(9-10-17(14)23)30(26,27)22-20-19(21(25)28-2)16-7-3-4-8-18(16)29-20/h9-10,12,22H,3-8,11H2,1-2H3. The summed E-state index contributed by atoms with van der Waals surface area (Å²) in [5.41, 5.74) is 2.83. The molecule has 7 nitrogen and oxygen atoms in total. The van der Waals surface area contributed by atoms with Gasteiger partial charge in [-0.2, -0.15) is 0 Å². The minimum atomic E-state index is -3.90. The zero-order valence-corrected chi connectivity index (χ0v) is 18.6. The quantitative estimate of drug-likeness (QED) is 0.723. The molecule has 1 amide bonds. The highest BCUT2D eigenvalue weighted by atomic mass is 32.2. The number of sulfonamides is 1. The van der Waals surface area contributed by atoms with Gasteiger partial charge in [0.05, 0.1) is 17.6 Å². The number of benzene rings is 1. The largest absolute Gasteiger partial charge is 0.465 e. The molecular formula is C21H24N2O5S2. The fraction of sp³-hybridized carbons (Fsp3) is 0.429. The summed E-state index contributed by atoms with van der Waals surface area (Å²) in [6, 6.07) is 4.82. The van der Waals surface area contributed by atoms with Crippen LogP contribution in [0.5, 0.6) is 0 Å². The number of carbonyl (C=O) groups is 2. The number of hydrogen-bond acceptors (Lipinski definition) is 6. The Balaban J connectivity index is 1.70. The molecule has 2 aliphatic rings. The molecule has 2 heterocycles. The molecule has 0 bridgehead atoms. The smallest absolute Gasteiger partial charge is 0.341 e. The van der Waals surface area contributed by atoms with Crippen molar-refractivity contribution in [1.29, 1.82) is 0 Å². The van der Waals surface area contributed by atoms with Crippen LogP contribution in [0, 0.1) is 0 Å². The molecule has 0 saturated heterocycles. The molecule has 160 valence electrons. The zero-order valence-electron chi connectivity index (χ0n) is 17.0. The fourth-order valence-corrected chi connectivity index (χ4v) is 6.84. The van der Waals surface area contributed by atoms with Crippen molar-refractivity contribution in [2.45, 2.75) is 50.3 Å². The number of carbonyl (C=O) groups excluding carboxylic acids is 2. The van der Waals surface area contributed by atoms with Crippen LogP contribution >= 0.6 is 11.3 Å². The number of nitrogens with one attached hydrogen (secondary N) is 1. The van der Waals surface area contributed by atoms with Crippen LogP contribution in [0.25, 0.3) is 0 Å². The maximum atomic E-state index is 13.1. The van der Waals surface area contributed by atoms with Crippen LogP contribution < -0.4 is 9.62 Å². The first-order chi connectivity index (χ1) is 14.3. The highest BCUT2D eigenvalue weighted by Gasteiger charge is 2.29. The van der Waals surface area contributed by atoms with Crippen molar-refractivity contribution in [3.05, 3.63) is 39.8 Å². The molecule has 1 aliphatic carbocycles. The van der Waals surface area contributed by atoms with Gasteiger partial charge in [-0.25, -0.2) is 13.2 Å². The number of methoxy groups -OCH3 is 1. The number of anilines is 2. The predicted octanol–water partition coefficient (Wildman–Crippen LogP) is 3.51. The molecular weight excluding hydrogens is 424 g/mol. The lowest BCUT2D eigenvalue weighted by Crippen LogP contribution is -2.33. The number of fused-ring (bicyclic) bond motifs is 2. The summed E-state index contributed by atoms with van der Waals surface area (Å²) >= 11 is 1.32. The van der Waals surface area contributed by atoms with E-state index < -0.39 is 16.0 Å². The van der Waals surface area contributed by atoms with Crippen LogP contribution in [0.3, 0.4) is 0 Å². The lowest BCUT2D eigenvalue weighted by atomic mass is 9.95. The summed E-state index contributed by atoms with van der Waals surface area (Å²) in [6.07, 6.45) is 5.08. The maximum absolute atomic E-state index is 13.1. The van der Waals surface area contributed by atoms with Crippen molar-refractivity contribution in [2.24, 2.45) is 0 Å². The number of nitrogens with zero attached hydrogens (tertiary/aromatic N) is 1. The van der Waals surface area contributed by atoms with Gasteiger partial charge in [-0.1, -0.05) is 0 Å². The second-order valence-electron chi connectivity index (χ2n) is 7.58. The van der Waals surface area contributed by atoms with Gasteiger partial charge in [-0.3, -0.25) is 9.52 Å². The number of esters is 1. The first kappa shape index (κ1) is 20.9. The van der Waals surface area contributed by atoms with E-state index >= 15 is 0 Å². The number of hydrogen-bond donors (Lipinski definition) is 1. The monoisotopic (exact) mass is 448 g/mol. The van der Waals surface area contributed by atoms with Crippen LogP contribution in [0.15, 0.2) is 23.1 Å². The number of aryl methyl sites for hydroxylation is 2. The Kier molecular flexibility index (Phi) is 5.59. The summed E-state index contributed by atoms with van der Waals surface area (Å²) in [6.45, 7) is 2.14. The van der Waals surface area contributed by atoms with E-state index in [0.717, 1.165) is 53.8 Å². The summed E-state index contributed by atoms with van der Waals surface area (Å²) in [5, 5.41) is 0.317.